The number of anilines is 1. The largest absolute Gasteiger partial charge is 0.495 e. The zero-order valence-corrected chi connectivity index (χ0v) is 19.7. The number of aryl methyl sites for hydroxylation is 1. The molecular formula is C24H25ClN2O4S. The van der Waals surface area contributed by atoms with Crippen LogP contribution in [0.3, 0.4) is 0 Å². The Morgan fingerprint density at radius 3 is 2.31 bits per heavy atom. The highest BCUT2D eigenvalue weighted by Crippen LogP contribution is 2.30. The molecule has 0 radical (unpaired) electrons. The lowest BCUT2D eigenvalue weighted by Crippen LogP contribution is -2.42. The highest BCUT2D eigenvalue weighted by molar-refractivity contribution is 7.92. The van der Waals surface area contributed by atoms with Crippen molar-refractivity contribution in [2.75, 3.05) is 24.2 Å². The molecule has 8 heteroatoms. The second-order valence-electron chi connectivity index (χ2n) is 7.36. The van der Waals surface area contributed by atoms with Gasteiger partial charge >= 0.3 is 0 Å². The molecule has 1 N–H and O–H groups in total. The highest BCUT2D eigenvalue weighted by atomic mass is 35.5. The van der Waals surface area contributed by atoms with Crippen molar-refractivity contribution in [2.24, 2.45) is 0 Å². The van der Waals surface area contributed by atoms with Crippen molar-refractivity contribution < 1.29 is 17.9 Å². The van der Waals surface area contributed by atoms with E-state index in [1.165, 1.54) is 13.2 Å². The first-order valence-corrected chi connectivity index (χ1v) is 12.1. The Bertz CT molecular complexity index is 1200. The fraction of sp³-hybridized carbons (Fsp3) is 0.208. The van der Waals surface area contributed by atoms with Gasteiger partial charge in [-0.15, -0.1) is 0 Å². The van der Waals surface area contributed by atoms with E-state index in [0.717, 1.165) is 27.3 Å². The molecule has 0 heterocycles. The van der Waals surface area contributed by atoms with Crippen LogP contribution in [0.2, 0.25) is 5.02 Å². The number of carbonyl (C=O) groups is 1. The van der Waals surface area contributed by atoms with E-state index >= 15 is 0 Å². The number of ether oxygens (including phenoxy) is 1. The molecule has 3 rings (SSSR count). The first-order chi connectivity index (χ1) is 15.2. The summed E-state index contributed by atoms with van der Waals surface area (Å²) in [6.45, 7) is 1.58. The van der Waals surface area contributed by atoms with Crippen LogP contribution in [0, 0.1) is 6.92 Å². The Kier molecular flexibility index (Phi) is 7.43. The molecule has 6 nitrogen and oxygen atoms in total. The van der Waals surface area contributed by atoms with Crippen LogP contribution in [0.1, 0.15) is 22.7 Å². The van der Waals surface area contributed by atoms with Gasteiger partial charge in [0.1, 0.15) is 12.3 Å². The molecule has 0 unspecified atom stereocenters. The molecule has 0 aliphatic carbocycles. The van der Waals surface area contributed by atoms with E-state index in [9.17, 15) is 13.2 Å². The van der Waals surface area contributed by atoms with Gasteiger partial charge in [-0.1, -0.05) is 66.2 Å². The molecule has 0 fully saturated rings. The number of methoxy groups -OCH3 is 1. The number of carbonyl (C=O) groups excluding carboxylic acids is 1. The van der Waals surface area contributed by atoms with Gasteiger partial charge < -0.3 is 10.1 Å². The SMILES string of the molecule is COc1ccc(N(CC(=O)N[C@H](c2ccccc2)c2ccccc2C)S(C)(=O)=O)cc1Cl. The lowest BCUT2D eigenvalue weighted by atomic mass is 9.95. The van der Waals surface area contributed by atoms with Crippen LogP contribution in [0.25, 0.3) is 0 Å². The zero-order chi connectivity index (χ0) is 23.3. The number of hydrogen-bond acceptors (Lipinski definition) is 4. The van der Waals surface area contributed by atoms with Crippen molar-refractivity contribution in [1.82, 2.24) is 5.32 Å². The minimum atomic E-state index is -3.75. The summed E-state index contributed by atoms with van der Waals surface area (Å²) in [5.74, 6) is -0.0310. The third kappa shape index (κ3) is 5.60. The van der Waals surface area contributed by atoms with E-state index in [1.807, 2.05) is 61.5 Å². The molecule has 0 aliphatic rings. The van der Waals surface area contributed by atoms with Crippen LogP contribution in [0.4, 0.5) is 5.69 Å². The fourth-order valence-electron chi connectivity index (χ4n) is 3.44. The van der Waals surface area contributed by atoms with Crippen molar-refractivity contribution in [3.8, 4) is 5.75 Å². The van der Waals surface area contributed by atoms with Gasteiger partial charge in [0.25, 0.3) is 0 Å². The summed E-state index contributed by atoms with van der Waals surface area (Å²) in [7, 11) is -2.28. The number of halogens is 1. The van der Waals surface area contributed by atoms with Crippen LogP contribution in [0.15, 0.2) is 72.8 Å². The molecule has 3 aromatic carbocycles. The molecule has 32 heavy (non-hydrogen) atoms. The first kappa shape index (κ1) is 23.6. The number of nitrogens with one attached hydrogen (secondary N) is 1. The maximum absolute atomic E-state index is 13.1. The van der Waals surface area contributed by atoms with Crippen molar-refractivity contribution in [3.63, 3.8) is 0 Å². The summed E-state index contributed by atoms with van der Waals surface area (Å²) in [4.78, 5) is 13.1. The molecule has 1 atom stereocenters. The van der Waals surface area contributed by atoms with E-state index in [1.54, 1.807) is 12.1 Å². The smallest absolute Gasteiger partial charge is 0.241 e. The average molecular weight is 473 g/mol. The second-order valence-corrected chi connectivity index (χ2v) is 9.67. The van der Waals surface area contributed by atoms with Gasteiger partial charge in [-0.25, -0.2) is 8.42 Å². The summed E-state index contributed by atoms with van der Waals surface area (Å²) >= 11 is 6.18. The highest BCUT2D eigenvalue weighted by Gasteiger charge is 2.25. The number of rotatable bonds is 8. The van der Waals surface area contributed by atoms with E-state index in [-0.39, 0.29) is 10.7 Å². The standard InChI is InChI=1S/C24H25ClN2O4S/c1-17-9-7-8-12-20(17)24(18-10-5-4-6-11-18)26-23(28)16-27(32(3,29)30)19-13-14-22(31-2)21(25)15-19/h4-15,24H,16H2,1-3H3,(H,26,28)/t24-/m1/s1. The van der Waals surface area contributed by atoms with Crippen molar-refractivity contribution in [2.45, 2.75) is 13.0 Å². The summed E-state index contributed by atoms with van der Waals surface area (Å²) in [6, 6.07) is 21.5. The Morgan fingerprint density at radius 2 is 1.72 bits per heavy atom. The molecule has 0 bridgehead atoms. The van der Waals surface area contributed by atoms with Gasteiger partial charge in [0.2, 0.25) is 15.9 Å². The summed E-state index contributed by atoms with van der Waals surface area (Å²) in [6.07, 6.45) is 1.05. The Morgan fingerprint density at radius 1 is 1.06 bits per heavy atom. The quantitative estimate of drug-likeness (QED) is 0.529. The van der Waals surface area contributed by atoms with Gasteiger partial charge in [0.05, 0.1) is 30.1 Å². The van der Waals surface area contributed by atoms with Gasteiger partial charge in [0, 0.05) is 0 Å². The molecule has 0 saturated carbocycles. The van der Waals surface area contributed by atoms with Gasteiger partial charge in [-0.05, 0) is 41.8 Å². The number of sulfonamides is 1. The number of benzene rings is 3. The van der Waals surface area contributed by atoms with Crippen LogP contribution < -0.4 is 14.4 Å². The number of amides is 1. The normalized spacial score (nSPS) is 12.1. The monoisotopic (exact) mass is 472 g/mol. The first-order valence-electron chi connectivity index (χ1n) is 9.92. The molecule has 0 aliphatic heterocycles. The average Bonchev–Trinajstić information content (AvgIpc) is 2.76. The minimum Gasteiger partial charge on any atom is -0.495 e. The summed E-state index contributed by atoms with van der Waals surface area (Å²) < 4.78 is 31.1. The third-order valence-corrected chi connectivity index (χ3v) is 6.48. The van der Waals surface area contributed by atoms with Crippen LogP contribution in [0.5, 0.6) is 5.75 Å². The van der Waals surface area contributed by atoms with Gasteiger partial charge in [-0.2, -0.15) is 0 Å². The Balaban J connectivity index is 1.91. The van der Waals surface area contributed by atoms with Crippen LogP contribution in [-0.2, 0) is 14.8 Å². The van der Waals surface area contributed by atoms with Gasteiger partial charge in [0.15, 0.2) is 0 Å². The van der Waals surface area contributed by atoms with Crippen molar-refractivity contribution >= 4 is 33.2 Å². The maximum atomic E-state index is 13.1. The second kappa shape index (κ2) is 10.1. The molecule has 3 aromatic rings. The maximum Gasteiger partial charge on any atom is 0.241 e. The third-order valence-electron chi connectivity index (χ3n) is 5.05. The van der Waals surface area contributed by atoms with Gasteiger partial charge in [-0.3, -0.25) is 9.10 Å². The molecular weight excluding hydrogens is 448 g/mol. The molecule has 0 saturated heterocycles. The Hall–Kier alpha value is -3.03. The van der Waals surface area contributed by atoms with E-state index in [2.05, 4.69) is 5.32 Å². The van der Waals surface area contributed by atoms with E-state index < -0.39 is 28.5 Å². The summed E-state index contributed by atoms with van der Waals surface area (Å²) in [5, 5.41) is 3.25. The predicted octanol–water partition coefficient (Wildman–Crippen LogP) is 4.33. The molecule has 1 amide bonds. The number of hydrogen-bond donors (Lipinski definition) is 1. The lowest BCUT2D eigenvalue weighted by molar-refractivity contribution is -0.120. The van der Waals surface area contributed by atoms with E-state index in [0.29, 0.717) is 5.75 Å². The fourth-order valence-corrected chi connectivity index (χ4v) is 4.54. The van der Waals surface area contributed by atoms with E-state index in [4.69, 9.17) is 16.3 Å². The summed E-state index contributed by atoms with van der Waals surface area (Å²) in [5.41, 5.74) is 3.13. The van der Waals surface area contributed by atoms with Crippen LogP contribution >= 0.6 is 11.6 Å². The van der Waals surface area contributed by atoms with Crippen molar-refractivity contribution in [3.05, 3.63) is 94.5 Å². The minimum absolute atomic E-state index is 0.251. The molecule has 168 valence electrons. The Labute approximate surface area is 193 Å². The number of nitrogens with zero attached hydrogens (tertiary/aromatic N) is 1. The molecule has 0 spiro atoms. The van der Waals surface area contributed by atoms with Crippen LogP contribution in [-0.4, -0.2) is 34.2 Å². The lowest BCUT2D eigenvalue weighted by Gasteiger charge is -2.26. The van der Waals surface area contributed by atoms with Crippen molar-refractivity contribution in [1.29, 1.82) is 0 Å². The zero-order valence-electron chi connectivity index (χ0n) is 18.1. The molecule has 0 aromatic heterocycles. The topological polar surface area (TPSA) is 75.7 Å². The predicted molar refractivity (Wildman–Crippen MR) is 128 cm³/mol.